The smallest absolute Gasteiger partial charge is 0.191 e. The Bertz CT molecular complexity index is 754. The van der Waals surface area contributed by atoms with Gasteiger partial charge in [0.2, 0.25) is 0 Å². The maximum Gasteiger partial charge on any atom is 0.191 e. The van der Waals surface area contributed by atoms with Gasteiger partial charge in [-0.1, -0.05) is 6.92 Å². The Morgan fingerprint density at radius 3 is 2.62 bits per heavy atom. The molecule has 2 aromatic rings. The van der Waals surface area contributed by atoms with Crippen molar-refractivity contribution in [3.63, 3.8) is 0 Å². The number of halogens is 1. The molecule has 0 aliphatic carbocycles. The van der Waals surface area contributed by atoms with Gasteiger partial charge in [-0.3, -0.25) is 10.1 Å². The van der Waals surface area contributed by atoms with Crippen molar-refractivity contribution in [2.45, 2.75) is 38.8 Å². The van der Waals surface area contributed by atoms with Crippen LogP contribution in [0.3, 0.4) is 0 Å². The molecule has 9 heteroatoms. The van der Waals surface area contributed by atoms with Gasteiger partial charge >= 0.3 is 0 Å². The average molecular weight is 513 g/mol. The summed E-state index contributed by atoms with van der Waals surface area (Å²) in [5.41, 5.74) is 0.949. The van der Waals surface area contributed by atoms with Gasteiger partial charge in [-0.05, 0) is 50.1 Å². The lowest BCUT2D eigenvalue weighted by Crippen LogP contribution is -2.48. The maximum absolute atomic E-state index is 5.19. The molecule has 8 nitrogen and oxygen atoms in total. The van der Waals surface area contributed by atoms with E-state index in [0.717, 1.165) is 49.0 Å². The van der Waals surface area contributed by atoms with Crippen LogP contribution in [0.1, 0.15) is 32.0 Å². The van der Waals surface area contributed by atoms with Crippen molar-refractivity contribution in [2.75, 3.05) is 33.8 Å². The van der Waals surface area contributed by atoms with E-state index < -0.39 is 0 Å². The van der Waals surface area contributed by atoms with E-state index in [9.17, 15) is 0 Å². The van der Waals surface area contributed by atoms with Crippen LogP contribution in [-0.2, 0) is 6.54 Å². The van der Waals surface area contributed by atoms with Gasteiger partial charge in [0.1, 0.15) is 11.6 Å². The number of hydrogen-bond donors (Lipinski definition) is 3. The zero-order chi connectivity index (χ0) is 19.8. The molecule has 0 unspecified atom stereocenters. The van der Waals surface area contributed by atoms with Gasteiger partial charge in [-0.25, -0.2) is 4.98 Å². The summed E-state index contributed by atoms with van der Waals surface area (Å²) in [4.78, 5) is 11.4. The molecule has 1 aromatic carbocycles. The largest absolute Gasteiger partial charge is 0.497 e. The standard InChI is InChI=1S/C20H31N7O.HI/c1-4-11-27-12-9-16(10-13-27)23-20(21-2)22-14-18-24-19(26-25-18)15-5-7-17(28-3)8-6-15;/h5-8,16H,4,9-14H2,1-3H3,(H2,21,22,23)(H,24,25,26);1H. The molecule has 1 fully saturated rings. The van der Waals surface area contributed by atoms with Crippen LogP contribution in [0.15, 0.2) is 29.3 Å². The first-order chi connectivity index (χ1) is 13.7. The number of guanidine groups is 1. The Morgan fingerprint density at radius 2 is 2.00 bits per heavy atom. The topological polar surface area (TPSA) is 90.5 Å². The summed E-state index contributed by atoms with van der Waals surface area (Å²) in [6.45, 7) is 6.27. The van der Waals surface area contributed by atoms with Gasteiger partial charge in [-0.2, -0.15) is 5.10 Å². The fraction of sp³-hybridized carbons (Fsp3) is 0.550. The molecule has 0 bridgehead atoms. The second kappa shape index (κ2) is 12.0. The van der Waals surface area contributed by atoms with Crippen LogP contribution in [0.4, 0.5) is 0 Å². The van der Waals surface area contributed by atoms with E-state index in [1.54, 1.807) is 14.2 Å². The SMILES string of the molecule is CCCN1CCC(NC(=NC)NCc2nc(-c3ccc(OC)cc3)n[nH]2)CC1.I. The number of aromatic nitrogens is 3. The van der Waals surface area contributed by atoms with Gasteiger partial charge < -0.3 is 20.3 Å². The number of rotatable bonds is 7. The fourth-order valence-corrected chi connectivity index (χ4v) is 3.42. The highest BCUT2D eigenvalue weighted by Gasteiger charge is 2.19. The quantitative estimate of drug-likeness (QED) is 0.300. The van der Waals surface area contributed by atoms with E-state index in [2.05, 4.69) is 42.6 Å². The highest BCUT2D eigenvalue weighted by atomic mass is 127. The molecule has 3 rings (SSSR count). The van der Waals surface area contributed by atoms with Crippen molar-refractivity contribution in [3.8, 4) is 17.1 Å². The lowest BCUT2D eigenvalue weighted by molar-refractivity contribution is 0.206. The summed E-state index contributed by atoms with van der Waals surface area (Å²) < 4.78 is 5.19. The number of hydrogen-bond acceptors (Lipinski definition) is 5. The van der Waals surface area contributed by atoms with Crippen LogP contribution in [0.2, 0.25) is 0 Å². The minimum atomic E-state index is 0. The summed E-state index contributed by atoms with van der Waals surface area (Å²) in [7, 11) is 3.45. The van der Waals surface area contributed by atoms with Crippen LogP contribution in [0.25, 0.3) is 11.4 Å². The van der Waals surface area contributed by atoms with Crippen molar-refractivity contribution in [1.82, 2.24) is 30.7 Å². The van der Waals surface area contributed by atoms with Gasteiger partial charge in [0.25, 0.3) is 0 Å². The first-order valence-corrected chi connectivity index (χ1v) is 9.97. The van der Waals surface area contributed by atoms with Gasteiger partial charge in [0, 0.05) is 31.7 Å². The van der Waals surface area contributed by atoms with E-state index >= 15 is 0 Å². The molecule has 0 spiro atoms. The summed E-state index contributed by atoms with van der Waals surface area (Å²) in [5, 5.41) is 14.1. The molecule has 2 heterocycles. The van der Waals surface area contributed by atoms with E-state index in [-0.39, 0.29) is 24.0 Å². The molecule has 3 N–H and O–H groups in total. The van der Waals surface area contributed by atoms with Crippen molar-refractivity contribution in [2.24, 2.45) is 4.99 Å². The first-order valence-electron chi connectivity index (χ1n) is 9.97. The number of nitrogens with zero attached hydrogens (tertiary/aromatic N) is 4. The monoisotopic (exact) mass is 513 g/mol. The molecule has 0 atom stereocenters. The summed E-state index contributed by atoms with van der Waals surface area (Å²) in [6.07, 6.45) is 3.51. The van der Waals surface area contributed by atoms with E-state index in [1.807, 2.05) is 24.3 Å². The van der Waals surface area contributed by atoms with Crippen molar-refractivity contribution in [1.29, 1.82) is 0 Å². The second-order valence-electron chi connectivity index (χ2n) is 7.02. The van der Waals surface area contributed by atoms with Crippen LogP contribution in [0, 0.1) is 0 Å². The van der Waals surface area contributed by atoms with Crippen LogP contribution in [0.5, 0.6) is 5.75 Å². The molecule has 0 saturated carbocycles. The number of aliphatic imine (C=N–C) groups is 1. The lowest BCUT2D eigenvalue weighted by atomic mass is 10.1. The second-order valence-corrected chi connectivity index (χ2v) is 7.02. The van der Waals surface area contributed by atoms with Gasteiger partial charge in [-0.15, -0.1) is 24.0 Å². The third-order valence-electron chi connectivity index (χ3n) is 5.00. The van der Waals surface area contributed by atoms with Gasteiger partial charge in [0.15, 0.2) is 11.8 Å². The molecule has 1 aliphatic heterocycles. The predicted octanol–water partition coefficient (Wildman–Crippen LogP) is 2.64. The number of H-pyrrole nitrogens is 1. The minimum Gasteiger partial charge on any atom is -0.497 e. The fourth-order valence-electron chi connectivity index (χ4n) is 3.42. The Balaban J connectivity index is 0.00000300. The van der Waals surface area contributed by atoms with Crippen molar-refractivity contribution < 1.29 is 4.74 Å². The number of ether oxygens (including phenoxy) is 1. The van der Waals surface area contributed by atoms with Crippen LogP contribution in [-0.4, -0.2) is 65.9 Å². The number of piperidine rings is 1. The maximum atomic E-state index is 5.19. The third kappa shape index (κ3) is 6.84. The third-order valence-corrected chi connectivity index (χ3v) is 5.00. The molecule has 0 amide bonds. The number of benzene rings is 1. The Labute approximate surface area is 189 Å². The number of likely N-dealkylation sites (tertiary alicyclic amines) is 1. The van der Waals surface area contributed by atoms with E-state index in [1.165, 1.54) is 13.0 Å². The van der Waals surface area contributed by atoms with Crippen molar-refractivity contribution in [3.05, 3.63) is 30.1 Å². The summed E-state index contributed by atoms with van der Waals surface area (Å²) in [5.74, 6) is 3.06. The lowest BCUT2D eigenvalue weighted by Gasteiger charge is -2.32. The molecule has 1 aromatic heterocycles. The molecule has 1 aliphatic rings. The zero-order valence-corrected chi connectivity index (χ0v) is 19.8. The Kier molecular flexibility index (Phi) is 9.65. The molecule has 0 radical (unpaired) electrons. The molecule has 29 heavy (non-hydrogen) atoms. The molecular weight excluding hydrogens is 481 g/mol. The van der Waals surface area contributed by atoms with Gasteiger partial charge in [0.05, 0.1) is 13.7 Å². The average Bonchev–Trinajstić information content (AvgIpc) is 3.21. The minimum absolute atomic E-state index is 0. The predicted molar refractivity (Wildman–Crippen MR) is 127 cm³/mol. The molecule has 160 valence electrons. The normalized spacial score (nSPS) is 15.6. The van der Waals surface area contributed by atoms with Crippen LogP contribution < -0.4 is 15.4 Å². The van der Waals surface area contributed by atoms with Crippen LogP contribution >= 0.6 is 24.0 Å². The Hall–Kier alpha value is -1.88. The summed E-state index contributed by atoms with van der Waals surface area (Å²) in [6, 6.07) is 8.17. The van der Waals surface area contributed by atoms with E-state index in [4.69, 9.17) is 4.74 Å². The first kappa shape index (κ1) is 23.4. The summed E-state index contributed by atoms with van der Waals surface area (Å²) >= 11 is 0. The number of methoxy groups -OCH3 is 1. The highest BCUT2D eigenvalue weighted by Crippen LogP contribution is 2.18. The molecule has 1 saturated heterocycles. The number of nitrogens with one attached hydrogen (secondary N) is 3. The molecular formula is C20H32IN7O. The Morgan fingerprint density at radius 1 is 1.28 bits per heavy atom. The number of aromatic amines is 1. The highest BCUT2D eigenvalue weighted by molar-refractivity contribution is 14.0. The zero-order valence-electron chi connectivity index (χ0n) is 17.4. The van der Waals surface area contributed by atoms with E-state index in [0.29, 0.717) is 18.4 Å². The van der Waals surface area contributed by atoms with Crippen molar-refractivity contribution >= 4 is 29.9 Å².